The summed E-state index contributed by atoms with van der Waals surface area (Å²) in [6.07, 6.45) is 0. The second-order valence-corrected chi connectivity index (χ2v) is 4.56. The summed E-state index contributed by atoms with van der Waals surface area (Å²) in [5.74, 6) is 1.03. The molecule has 1 heterocycles. The summed E-state index contributed by atoms with van der Waals surface area (Å²) in [6, 6.07) is 7.26. The molecule has 2 N–H and O–H groups in total. The van der Waals surface area contributed by atoms with E-state index >= 15 is 0 Å². The third kappa shape index (κ3) is 3.15. The molecule has 0 fully saturated rings. The highest BCUT2D eigenvalue weighted by molar-refractivity contribution is 5.77. The molecule has 0 unspecified atom stereocenters. The first kappa shape index (κ1) is 12.7. The summed E-state index contributed by atoms with van der Waals surface area (Å²) < 4.78 is 0. The number of para-hydroxylation sites is 1. The summed E-state index contributed by atoms with van der Waals surface area (Å²) >= 11 is 0. The monoisotopic (exact) mass is 247 g/mol. The van der Waals surface area contributed by atoms with E-state index in [1.807, 2.05) is 18.2 Å². The highest BCUT2D eigenvalue weighted by atomic mass is 16.6. The van der Waals surface area contributed by atoms with Crippen LogP contribution < -0.4 is 11.0 Å². The minimum Gasteiger partial charge on any atom is -0.309 e. The van der Waals surface area contributed by atoms with Gasteiger partial charge in [0.15, 0.2) is 0 Å². The topological polar surface area (TPSA) is 67.0 Å². The van der Waals surface area contributed by atoms with E-state index in [2.05, 4.69) is 29.3 Å². The van der Waals surface area contributed by atoms with Crippen LogP contribution in [-0.2, 0) is 11.4 Å². The molecular weight excluding hydrogens is 230 g/mol. The molecule has 96 valence electrons. The Morgan fingerprint density at radius 3 is 2.94 bits per heavy atom. The summed E-state index contributed by atoms with van der Waals surface area (Å²) in [4.78, 5) is 24.1. The van der Waals surface area contributed by atoms with Crippen molar-refractivity contribution < 1.29 is 4.84 Å². The normalized spacial score (nSPS) is 11.3. The maximum Gasteiger partial charge on any atom is 0.258 e. The molecule has 0 aliphatic carbocycles. The van der Waals surface area contributed by atoms with Crippen molar-refractivity contribution in [3.8, 4) is 0 Å². The van der Waals surface area contributed by atoms with Crippen LogP contribution in [0, 0.1) is 5.92 Å². The van der Waals surface area contributed by atoms with Crippen LogP contribution in [0.25, 0.3) is 10.9 Å². The van der Waals surface area contributed by atoms with E-state index in [1.54, 1.807) is 6.07 Å². The van der Waals surface area contributed by atoms with Crippen molar-refractivity contribution in [2.75, 3.05) is 6.61 Å². The average molecular weight is 247 g/mol. The Balaban J connectivity index is 2.08. The van der Waals surface area contributed by atoms with Gasteiger partial charge in [0.1, 0.15) is 5.82 Å². The van der Waals surface area contributed by atoms with E-state index in [4.69, 9.17) is 4.84 Å². The zero-order valence-corrected chi connectivity index (χ0v) is 10.6. The smallest absolute Gasteiger partial charge is 0.258 e. The van der Waals surface area contributed by atoms with E-state index < -0.39 is 0 Å². The third-order valence-corrected chi connectivity index (χ3v) is 2.42. The van der Waals surface area contributed by atoms with Crippen molar-refractivity contribution in [1.82, 2.24) is 15.4 Å². The maximum atomic E-state index is 11.8. The molecule has 2 rings (SSSR count). The van der Waals surface area contributed by atoms with Crippen LogP contribution in [0.1, 0.15) is 19.7 Å². The lowest BCUT2D eigenvalue weighted by molar-refractivity contribution is 0.0184. The zero-order valence-electron chi connectivity index (χ0n) is 10.6. The highest BCUT2D eigenvalue weighted by Gasteiger charge is 2.02. The first-order valence-electron chi connectivity index (χ1n) is 5.99. The summed E-state index contributed by atoms with van der Waals surface area (Å²) in [5, 5.41) is 0.601. The van der Waals surface area contributed by atoms with Crippen LogP contribution >= 0.6 is 0 Å². The second kappa shape index (κ2) is 5.75. The quantitative estimate of drug-likeness (QED) is 0.622. The van der Waals surface area contributed by atoms with E-state index in [1.165, 1.54) is 0 Å². The molecule has 0 radical (unpaired) electrons. The fraction of sp³-hybridized carbons (Fsp3) is 0.385. The number of nitrogens with zero attached hydrogens (tertiary/aromatic N) is 1. The summed E-state index contributed by atoms with van der Waals surface area (Å²) in [6.45, 7) is 5.14. The molecule has 2 aromatic rings. The van der Waals surface area contributed by atoms with Gasteiger partial charge in [0.05, 0.1) is 24.1 Å². The Morgan fingerprint density at radius 1 is 1.39 bits per heavy atom. The Kier molecular flexibility index (Phi) is 4.07. The molecule has 0 saturated heterocycles. The molecule has 1 aromatic carbocycles. The second-order valence-electron chi connectivity index (χ2n) is 4.56. The molecule has 18 heavy (non-hydrogen) atoms. The number of rotatable bonds is 5. The van der Waals surface area contributed by atoms with Gasteiger partial charge in [-0.15, -0.1) is 0 Å². The van der Waals surface area contributed by atoms with Crippen molar-refractivity contribution in [1.29, 1.82) is 0 Å². The van der Waals surface area contributed by atoms with Gasteiger partial charge >= 0.3 is 0 Å². The first-order chi connectivity index (χ1) is 8.66. The number of hydroxylamine groups is 1. The number of hydrogen-bond acceptors (Lipinski definition) is 4. The number of hydrogen-bond donors (Lipinski definition) is 2. The van der Waals surface area contributed by atoms with Crippen molar-refractivity contribution in [3.63, 3.8) is 0 Å². The van der Waals surface area contributed by atoms with Gasteiger partial charge in [-0.3, -0.25) is 4.79 Å². The predicted octanol–water partition coefficient (Wildman–Crippen LogP) is 1.60. The molecule has 0 bridgehead atoms. The molecular formula is C13H17N3O2. The lowest BCUT2D eigenvalue weighted by atomic mass is 10.2. The number of aromatic nitrogens is 2. The molecule has 5 nitrogen and oxygen atoms in total. The van der Waals surface area contributed by atoms with Crippen molar-refractivity contribution >= 4 is 10.9 Å². The Hall–Kier alpha value is -1.72. The molecule has 0 aliphatic heterocycles. The Labute approximate surface area is 105 Å². The molecule has 5 heteroatoms. The summed E-state index contributed by atoms with van der Waals surface area (Å²) in [5.41, 5.74) is 3.36. The maximum absolute atomic E-state index is 11.8. The van der Waals surface area contributed by atoms with Crippen molar-refractivity contribution in [2.24, 2.45) is 5.92 Å². The fourth-order valence-corrected chi connectivity index (χ4v) is 1.56. The van der Waals surface area contributed by atoms with Crippen LogP contribution in [0.2, 0.25) is 0 Å². The van der Waals surface area contributed by atoms with Gasteiger partial charge in [-0.25, -0.2) is 4.98 Å². The largest absolute Gasteiger partial charge is 0.309 e. The number of fused-ring (bicyclic) bond motifs is 1. The lowest BCUT2D eigenvalue weighted by Gasteiger charge is -2.07. The van der Waals surface area contributed by atoms with Crippen LogP contribution in [0.5, 0.6) is 0 Å². The van der Waals surface area contributed by atoms with Crippen molar-refractivity contribution in [2.45, 2.75) is 20.4 Å². The molecule has 0 atom stereocenters. The van der Waals surface area contributed by atoms with Crippen molar-refractivity contribution in [3.05, 3.63) is 40.4 Å². The van der Waals surface area contributed by atoms with Crippen LogP contribution in [0.4, 0.5) is 0 Å². The molecule has 0 spiro atoms. The number of benzene rings is 1. The fourth-order valence-electron chi connectivity index (χ4n) is 1.56. The van der Waals surface area contributed by atoms with Crippen LogP contribution in [0.15, 0.2) is 29.1 Å². The number of nitrogens with one attached hydrogen (secondary N) is 2. The lowest BCUT2D eigenvalue weighted by Crippen LogP contribution is -2.21. The standard InChI is InChI=1S/C13H17N3O2/c1-9(2)8-18-14-7-12-15-11-6-4-3-5-10(11)13(17)16-12/h3-6,9,14H,7-8H2,1-2H3,(H,15,16,17). The van der Waals surface area contributed by atoms with E-state index in [-0.39, 0.29) is 5.56 Å². The van der Waals surface area contributed by atoms with E-state index in [9.17, 15) is 4.79 Å². The SMILES string of the molecule is CC(C)CONCc1nc2ccccc2c(=O)[nH]1. The number of H-pyrrole nitrogens is 1. The van der Waals surface area contributed by atoms with Gasteiger partial charge in [0.25, 0.3) is 5.56 Å². The van der Waals surface area contributed by atoms with Gasteiger partial charge in [0.2, 0.25) is 0 Å². The molecule has 0 amide bonds. The van der Waals surface area contributed by atoms with Gasteiger partial charge < -0.3 is 9.82 Å². The third-order valence-electron chi connectivity index (χ3n) is 2.42. The number of aromatic amines is 1. The average Bonchev–Trinajstić information content (AvgIpc) is 2.35. The Bertz CT molecular complexity index is 578. The van der Waals surface area contributed by atoms with E-state index in [0.29, 0.717) is 35.8 Å². The van der Waals surface area contributed by atoms with Gasteiger partial charge in [-0.1, -0.05) is 26.0 Å². The summed E-state index contributed by atoms with van der Waals surface area (Å²) in [7, 11) is 0. The molecule has 1 aromatic heterocycles. The van der Waals surface area contributed by atoms with Gasteiger partial charge in [-0.05, 0) is 18.1 Å². The van der Waals surface area contributed by atoms with Gasteiger partial charge in [0, 0.05) is 0 Å². The van der Waals surface area contributed by atoms with Crippen LogP contribution in [-0.4, -0.2) is 16.6 Å². The van der Waals surface area contributed by atoms with Gasteiger partial charge in [-0.2, -0.15) is 5.48 Å². The minimum absolute atomic E-state index is 0.124. The molecule has 0 aliphatic rings. The Morgan fingerprint density at radius 2 is 2.17 bits per heavy atom. The predicted molar refractivity (Wildman–Crippen MR) is 70.0 cm³/mol. The zero-order chi connectivity index (χ0) is 13.0. The molecule has 0 saturated carbocycles. The highest BCUT2D eigenvalue weighted by Crippen LogP contribution is 2.05. The van der Waals surface area contributed by atoms with E-state index in [0.717, 1.165) is 0 Å². The minimum atomic E-state index is -0.124. The van der Waals surface area contributed by atoms with Crippen LogP contribution in [0.3, 0.4) is 0 Å². The first-order valence-corrected chi connectivity index (χ1v) is 5.99.